The molecule has 1 aliphatic heterocycles. The van der Waals surface area contributed by atoms with E-state index < -0.39 is 54.3 Å². The van der Waals surface area contributed by atoms with Crippen molar-refractivity contribution in [2.75, 3.05) is 18.3 Å². The van der Waals surface area contributed by atoms with E-state index in [0.29, 0.717) is 6.42 Å². The average Bonchev–Trinajstić information content (AvgIpc) is 3.41. The molecule has 4 N–H and O–H groups in total. The van der Waals surface area contributed by atoms with E-state index in [9.17, 15) is 34.5 Å². The molecule has 2 aromatic rings. The van der Waals surface area contributed by atoms with Crippen LogP contribution in [0.15, 0.2) is 48.5 Å². The molecule has 3 atom stereocenters. The summed E-state index contributed by atoms with van der Waals surface area (Å²) in [5.74, 6) is -2.51. The second kappa shape index (κ2) is 13.0. The van der Waals surface area contributed by atoms with Crippen molar-refractivity contribution in [3.05, 3.63) is 59.7 Å². The number of carbonyl (C=O) groups excluding carboxylic acids is 4. The summed E-state index contributed by atoms with van der Waals surface area (Å²) in [7, 11) is 0. The zero-order chi connectivity index (χ0) is 30.5. The monoisotopic (exact) mass is 570 g/mol. The Morgan fingerprint density at radius 1 is 1.10 bits per heavy atom. The van der Waals surface area contributed by atoms with Crippen LogP contribution < -0.4 is 10.3 Å². The first-order chi connectivity index (χ1) is 19.3. The van der Waals surface area contributed by atoms with Crippen LogP contribution in [0.4, 0.5) is 10.5 Å². The van der Waals surface area contributed by atoms with Crippen molar-refractivity contribution in [3.8, 4) is 5.75 Å². The van der Waals surface area contributed by atoms with E-state index in [1.54, 1.807) is 39.0 Å². The normalized spacial score (nSPS) is 16.5. The van der Waals surface area contributed by atoms with E-state index in [4.69, 9.17) is 4.74 Å². The van der Waals surface area contributed by atoms with Gasteiger partial charge in [-0.15, -0.1) is 0 Å². The predicted octanol–water partition coefficient (Wildman–Crippen LogP) is 2.31. The Bertz CT molecular complexity index is 1260. The fourth-order valence-electron chi connectivity index (χ4n) is 4.53. The summed E-state index contributed by atoms with van der Waals surface area (Å²) in [5.41, 5.74) is -0.261. The van der Waals surface area contributed by atoms with Gasteiger partial charge in [-0.1, -0.05) is 24.3 Å². The third-order valence-electron chi connectivity index (χ3n) is 6.59. The number of hydrogen-bond acceptors (Lipinski definition) is 8. The van der Waals surface area contributed by atoms with Crippen LogP contribution in [0.25, 0.3) is 0 Å². The van der Waals surface area contributed by atoms with Crippen molar-refractivity contribution in [2.45, 2.75) is 71.2 Å². The number of aromatic hydroxyl groups is 1. The SMILES string of the molecule is Cc1c(O)cccc1C(=O)N[C@H](C(=O)N(c1ccccc1)N(CO)C(=O)[C@@H]1CCCN1C(=O)OC(C)(C)C)[C@@H](C)O. The molecule has 12 heteroatoms. The third-order valence-corrected chi connectivity index (χ3v) is 6.59. The predicted molar refractivity (Wildman–Crippen MR) is 150 cm³/mol. The summed E-state index contributed by atoms with van der Waals surface area (Å²) >= 11 is 0. The number of hydrazine groups is 1. The maximum atomic E-state index is 14.0. The van der Waals surface area contributed by atoms with Gasteiger partial charge in [-0.3, -0.25) is 19.3 Å². The Balaban J connectivity index is 1.97. The van der Waals surface area contributed by atoms with Gasteiger partial charge in [-0.05, 0) is 71.7 Å². The number of rotatable bonds is 7. The number of aliphatic hydroxyl groups is 2. The molecule has 222 valence electrons. The van der Waals surface area contributed by atoms with Gasteiger partial charge in [-0.2, -0.15) is 0 Å². The van der Waals surface area contributed by atoms with Gasteiger partial charge in [0, 0.05) is 17.7 Å². The van der Waals surface area contributed by atoms with Gasteiger partial charge in [0.2, 0.25) is 0 Å². The molecule has 0 saturated carbocycles. The lowest BCUT2D eigenvalue weighted by Crippen LogP contribution is -2.62. The minimum absolute atomic E-state index is 0.0868. The first kappa shape index (κ1) is 31.4. The number of ether oxygens (including phenoxy) is 1. The molecular weight excluding hydrogens is 532 g/mol. The highest BCUT2D eigenvalue weighted by Crippen LogP contribution is 2.26. The first-order valence-electron chi connectivity index (χ1n) is 13.3. The molecule has 12 nitrogen and oxygen atoms in total. The number of aliphatic hydroxyl groups excluding tert-OH is 2. The molecule has 1 saturated heterocycles. The van der Waals surface area contributed by atoms with Gasteiger partial charge < -0.3 is 25.4 Å². The molecule has 1 aliphatic rings. The molecule has 0 aliphatic carbocycles. The van der Waals surface area contributed by atoms with Gasteiger partial charge in [0.25, 0.3) is 17.7 Å². The molecule has 4 amide bonds. The van der Waals surface area contributed by atoms with Crippen LogP contribution in [-0.2, 0) is 14.3 Å². The molecule has 2 aromatic carbocycles. The third kappa shape index (κ3) is 7.33. The van der Waals surface area contributed by atoms with Crippen LogP contribution in [0.5, 0.6) is 5.75 Å². The van der Waals surface area contributed by atoms with E-state index in [-0.39, 0.29) is 35.5 Å². The lowest BCUT2D eigenvalue weighted by Gasteiger charge is -2.38. The van der Waals surface area contributed by atoms with Crippen LogP contribution in [0, 0.1) is 6.92 Å². The van der Waals surface area contributed by atoms with Gasteiger partial charge in [0.1, 0.15) is 30.2 Å². The smallest absolute Gasteiger partial charge is 0.410 e. The summed E-state index contributed by atoms with van der Waals surface area (Å²) < 4.78 is 5.46. The van der Waals surface area contributed by atoms with Gasteiger partial charge >= 0.3 is 6.09 Å². The molecule has 1 heterocycles. The quantitative estimate of drug-likeness (QED) is 0.291. The second-order valence-corrected chi connectivity index (χ2v) is 10.8. The lowest BCUT2D eigenvalue weighted by molar-refractivity contribution is -0.145. The molecule has 0 radical (unpaired) electrons. The number of benzene rings is 2. The van der Waals surface area contributed by atoms with Crippen molar-refractivity contribution in [1.82, 2.24) is 15.2 Å². The molecule has 3 rings (SSSR count). The molecule has 0 aromatic heterocycles. The fourth-order valence-corrected chi connectivity index (χ4v) is 4.53. The number of nitrogens with zero attached hydrogens (tertiary/aromatic N) is 3. The van der Waals surface area contributed by atoms with Crippen LogP contribution in [0.3, 0.4) is 0 Å². The zero-order valence-electron chi connectivity index (χ0n) is 23.9. The molecule has 1 fully saturated rings. The van der Waals surface area contributed by atoms with Crippen molar-refractivity contribution in [2.24, 2.45) is 0 Å². The number of phenolic OH excluding ortho intramolecular Hbond substituents is 1. The second-order valence-electron chi connectivity index (χ2n) is 10.8. The Hall–Kier alpha value is -4.16. The minimum atomic E-state index is -1.56. The number of likely N-dealkylation sites (tertiary alicyclic amines) is 1. The molecular formula is C29H38N4O8. The number of hydrogen-bond donors (Lipinski definition) is 4. The van der Waals surface area contributed by atoms with E-state index >= 15 is 0 Å². The Morgan fingerprint density at radius 3 is 2.34 bits per heavy atom. The number of carbonyl (C=O) groups is 4. The Kier molecular flexibility index (Phi) is 9.95. The summed E-state index contributed by atoms with van der Waals surface area (Å²) in [6.45, 7) is 7.25. The van der Waals surface area contributed by atoms with E-state index in [2.05, 4.69) is 5.32 Å². The van der Waals surface area contributed by atoms with Crippen molar-refractivity contribution >= 4 is 29.5 Å². The highest BCUT2D eigenvalue weighted by molar-refractivity contribution is 6.05. The van der Waals surface area contributed by atoms with Crippen molar-refractivity contribution in [3.63, 3.8) is 0 Å². The van der Waals surface area contributed by atoms with E-state index in [1.807, 2.05) is 0 Å². The summed E-state index contributed by atoms with van der Waals surface area (Å²) in [6.07, 6.45) is -1.34. The number of anilines is 1. The average molecular weight is 571 g/mol. The van der Waals surface area contributed by atoms with Crippen molar-refractivity contribution < 1.29 is 39.2 Å². The molecule has 0 spiro atoms. The molecule has 41 heavy (non-hydrogen) atoms. The molecule has 0 bridgehead atoms. The van der Waals surface area contributed by atoms with Gasteiger partial charge in [-0.25, -0.2) is 14.8 Å². The van der Waals surface area contributed by atoms with Crippen LogP contribution in [0.2, 0.25) is 0 Å². The first-order valence-corrected chi connectivity index (χ1v) is 13.3. The van der Waals surface area contributed by atoms with E-state index in [0.717, 1.165) is 10.0 Å². The van der Waals surface area contributed by atoms with Crippen molar-refractivity contribution in [1.29, 1.82) is 0 Å². The molecule has 0 unspecified atom stereocenters. The number of nitrogens with one attached hydrogen (secondary N) is 1. The topological polar surface area (TPSA) is 160 Å². The number of para-hydroxylation sites is 1. The fraction of sp³-hybridized carbons (Fsp3) is 0.448. The zero-order valence-corrected chi connectivity index (χ0v) is 23.9. The lowest BCUT2D eigenvalue weighted by atomic mass is 10.1. The number of phenols is 1. The summed E-state index contributed by atoms with van der Waals surface area (Å²) in [6, 6.07) is 9.72. The van der Waals surface area contributed by atoms with Crippen LogP contribution in [-0.4, -0.2) is 86.1 Å². The van der Waals surface area contributed by atoms with Crippen LogP contribution >= 0.6 is 0 Å². The standard InChI is InChI=1S/C29H38N4O8/c1-18-21(13-9-15-23(18)36)25(37)30-24(19(2)35)27(39)33(20-11-7-6-8-12-20)32(17-34)26(38)22-14-10-16-31(22)28(40)41-29(3,4)5/h6-9,11-13,15,19,22,24,34-36H,10,14,16-17H2,1-5H3,(H,30,37)/t19-,22+,24+/m1/s1. The Labute approximate surface area is 239 Å². The summed E-state index contributed by atoms with van der Waals surface area (Å²) in [4.78, 5) is 55.1. The van der Waals surface area contributed by atoms with Gasteiger partial charge in [0.15, 0.2) is 0 Å². The number of amides is 4. The van der Waals surface area contributed by atoms with E-state index in [1.165, 1.54) is 49.1 Å². The maximum Gasteiger partial charge on any atom is 0.410 e. The minimum Gasteiger partial charge on any atom is -0.508 e. The summed E-state index contributed by atoms with van der Waals surface area (Å²) in [5, 5.41) is 35.2. The largest absolute Gasteiger partial charge is 0.508 e. The van der Waals surface area contributed by atoms with Gasteiger partial charge in [0.05, 0.1) is 11.8 Å². The highest BCUT2D eigenvalue weighted by atomic mass is 16.6. The highest BCUT2D eigenvalue weighted by Gasteiger charge is 2.43. The van der Waals surface area contributed by atoms with Crippen LogP contribution in [0.1, 0.15) is 56.5 Å². The maximum absolute atomic E-state index is 14.0. The Morgan fingerprint density at radius 2 is 1.76 bits per heavy atom.